The Morgan fingerprint density at radius 2 is 2.00 bits per heavy atom. The lowest BCUT2D eigenvalue weighted by molar-refractivity contribution is 0.243. The van der Waals surface area contributed by atoms with E-state index in [4.69, 9.17) is 0 Å². The number of benzene rings is 1. The molecule has 0 spiro atoms. The second-order valence-corrected chi connectivity index (χ2v) is 6.50. The first kappa shape index (κ1) is 14.8. The molecule has 0 radical (unpaired) electrons. The topological polar surface area (TPSA) is 15.3 Å². The Kier molecular flexibility index (Phi) is 4.79. The average molecular weight is 290 g/mol. The second kappa shape index (κ2) is 6.78. The first-order valence-electron chi connectivity index (χ1n) is 8.55. The van der Waals surface area contributed by atoms with Gasteiger partial charge in [-0.05, 0) is 61.9 Å². The predicted molar refractivity (Wildman–Crippen MR) is 86.1 cm³/mol. The average Bonchev–Trinajstić information content (AvgIpc) is 2.52. The van der Waals surface area contributed by atoms with Crippen molar-refractivity contribution in [2.75, 3.05) is 18.0 Å². The number of rotatable bonds is 4. The Hall–Kier alpha value is -1.09. The molecule has 1 heterocycles. The maximum absolute atomic E-state index is 13.6. The van der Waals surface area contributed by atoms with Crippen LogP contribution in [0.3, 0.4) is 0 Å². The van der Waals surface area contributed by atoms with Crippen LogP contribution in [0.2, 0.25) is 0 Å². The third-order valence-corrected chi connectivity index (χ3v) is 5.16. The van der Waals surface area contributed by atoms with Crippen LogP contribution in [-0.2, 0) is 6.54 Å². The minimum atomic E-state index is -0.121. The van der Waals surface area contributed by atoms with Gasteiger partial charge in [0.25, 0.3) is 0 Å². The van der Waals surface area contributed by atoms with Crippen molar-refractivity contribution >= 4 is 5.69 Å². The summed E-state index contributed by atoms with van der Waals surface area (Å²) >= 11 is 0. The summed E-state index contributed by atoms with van der Waals surface area (Å²) in [6, 6.07) is 6.01. The van der Waals surface area contributed by atoms with Gasteiger partial charge >= 0.3 is 0 Å². The number of halogens is 1. The molecule has 1 saturated carbocycles. The normalized spacial score (nSPS) is 25.7. The van der Waals surface area contributed by atoms with Gasteiger partial charge in [0.1, 0.15) is 5.82 Å². The monoisotopic (exact) mass is 290 g/mol. The smallest absolute Gasteiger partial charge is 0.123 e. The van der Waals surface area contributed by atoms with E-state index in [2.05, 4.69) is 17.1 Å². The molecule has 21 heavy (non-hydrogen) atoms. The molecule has 0 bridgehead atoms. The number of fused-ring (bicyclic) bond motifs is 1. The largest absolute Gasteiger partial charge is 0.368 e. The predicted octanol–water partition coefficient (Wildman–Crippen LogP) is 4.09. The molecule has 2 atom stereocenters. The maximum Gasteiger partial charge on any atom is 0.123 e. The molecule has 2 fully saturated rings. The third-order valence-electron chi connectivity index (χ3n) is 5.16. The van der Waals surface area contributed by atoms with Gasteiger partial charge in [0.05, 0.1) is 0 Å². The molecule has 1 aromatic rings. The number of piperidine rings is 1. The molecule has 0 unspecified atom stereocenters. The lowest BCUT2D eigenvalue weighted by atomic mass is 9.78. The molecule has 1 aliphatic heterocycles. The van der Waals surface area contributed by atoms with E-state index in [1.165, 1.54) is 44.2 Å². The molecule has 1 aliphatic carbocycles. The summed E-state index contributed by atoms with van der Waals surface area (Å²) in [6.07, 6.45) is 8.09. The molecule has 2 aliphatic rings. The van der Waals surface area contributed by atoms with E-state index >= 15 is 0 Å². The zero-order valence-electron chi connectivity index (χ0n) is 13.1. The van der Waals surface area contributed by atoms with Crippen LogP contribution in [0.25, 0.3) is 0 Å². The molecule has 3 heteroatoms. The fourth-order valence-electron chi connectivity index (χ4n) is 4.16. The number of hydrogen-bond acceptors (Lipinski definition) is 2. The molecular weight excluding hydrogens is 263 g/mol. The molecule has 0 amide bonds. The molecule has 3 rings (SSSR count). The quantitative estimate of drug-likeness (QED) is 0.898. The molecule has 1 aromatic carbocycles. The van der Waals surface area contributed by atoms with Crippen LogP contribution in [0.5, 0.6) is 0 Å². The van der Waals surface area contributed by atoms with E-state index in [1.807, 2.05) is 6.07 Å². The summed E-state index contributed by atoms with van der Waals surface area (Å²) in [7, 11) is 0. The minimum Gasteiger partial charge on any atom is -0.368 e. The van der Waals surface area contributed by atoms with Crippen LogP contribution < -0.4 is 10.2 Å². The molecule has 0 aromatic heterocycles. The second-order valence-electron chi connectivity index (χ2n) is 6.50. The molecule has 1 N–H and O–H groups in total. The van der Waals surface area contributed by atoms with Gasteiger partial charge in [-0.15, -0.1) is 0 Å². The summed E-state index contributed by atoms with van der Waals surface area (Å²) in [5, 5.41) is 3.35. The summed E-state index contributed by atoms with van der Waals surface area (Å²) in [5.74, 6) is 0.730. The highest BCUT2D eigenvalue weighted by molar-refractivity contribution is 5.55. The van der Waals surface area contributed by atoms with Gasteiger partial charge in [0, 0.05) is 24.8 Å². The summed E-state index contributed by atoms with van der Waals surface area (Å²) in [6.45, 7) is 4.91. The lowest BCUT2D eigenvalue weighted by Gasteiger charge is -2.46. The Balaban J connectivity index is 1.87. The van der Waals surface area contributed by atoms with Gasteiger partial charge in [-0.1, -0.05) is 19.8 Å². The summed E-state index contributed by atoms with van der Waals surface area (Å²) < 4.78 is 13.6. The van der Waals surface area contributed by atoms with Crippen molar-refractivity contribution in [2.45, 2.75) is 58.0 Å². The van der Waals surface area contributed by atoms with Gasteiger partial charge in [0.15, 0.2) is 0 Å². The zero-order valence-corrected chi connectivity index (χ0v) is 13.1. The van der Waals surface area contributed by atoms with Crippen molar-refractivity contribution in [1.29, 1.82) is 0 Å². The van der Waals surface area contributed by atoms with E-state index < -0.39 is 0 Å². The van der Waals surface area contributed by atoms with E-state index in [-0.39, 0.29) is 5.82 Å². The van der Waals surface area contributed by atoms with Crippen molar-refractivity contribution in [3.05, 3.63) is 29.6 Å². The molecule has 2 nitrogen and oxygen atoms in total. The van der Waals surface area contributed by atoms with Gasteiger partial charge < -0.3 is 10.2 Å². The van der Waals surface area contributed by atoms with Gasteiger partial charge in [-0.3, -0.25) is 0 Å². The van der Waals surface area contributed by atoms with Gasteiger partial charge in [-0.25, -0.2) is 4.39 Å². The van der Waals surface area contributed by atoms with Gasteiger partial charge in [0.2, 0.25) is 0 Å². The highest BCUT2D eigenvalue weighted by Crippen LogP contribution is 2.38. The van der Waals surface area contributed by atoms with Crippen LogP contribution >= 0.6 is 0 Å². The van der Waals surface area contributed by atoms with Crippen molar-refractivity contribution in [1.82, 2.24) is 5.32 Å². The highest BCUT2D eigenvalue weighted by atomic mass is 19.1. The van der Waals surface area contributed by atoms with Gasteiger partial charge in [-0.2, -0.15) is 0 Å². The maximum atomic E-state index is 13.6. The van der Waals surface area contributed by atoms with Crippen molar-refractivity contribution in [3.63, 3.8) is 0 Å². The Morgan fingerprint density at radius 1 is 1.19 bits per heavy atom. The minimum absolute atomic E-state index is 0.121. The number of hydrogen-bond donors (Lipinski definition) is 1. The van der Waals surface area contributed by atoms with E-state index in [9.17, 15) is 4.39 Å². The molecular formula is C18H27FN2. The fourth-order valence-corrected chi connectivity index (χ4v) is 4.16. The lowest BCUT2D eigenvalue weighted by Crippen LogP contribution is -2.47. The van der Waals surface area contributed by atoms with Crippen molar-refractivity contribution in [2.24, 2.45) is 5.92 Å². The first-order valence-corrected chi connectivity index (χ1v) is 8.55. The number of nitrogens with one attached hydrogen (secondary N) is 1. The summed E-state index contributed by atoms with van der Waals surface area (Å²) in [4.78, 5) is 2.58. The van der Waals surface area contributed by atoms with Crippen molar-refractivity contribution in [3.8, 4) is 0 Å². The van der Waals surface area contributed by atoms with Crippen LogP contribution in [-0.4, -0.2) is 19.1 Å². The van der Waals surface area contributed by atoms with E-state index in [1.54, 1.807) is 12.1 Å². The molecule has 116 valence electrons. The Morgan fingerprint density at radius 3 is 2.86 bits per heavy atom. The molecule has 1 saturated heterocycles. The number of anilines is 1. The standard InChI is InChI=1S/C18H27FN2/c1-2-20-13-15-12-16(19)9-10-18(15)21-11-5-7-14-6-3-4-8-17(14)21/h9-10,12,14,17,20H,2-8,11,13H2,1H3/t14-,17-/m1/s1. The Labute approximate surface area is 127 Å². The van der Waals surface area contributed by atoms with Crippen LogP contribution in [0.4, 0.5) is 10.1 Å². The van der Waals surface area contributed by atoms with Crippen LogP contribution in [0, 0.1) is 11.7 Å². The van der Waals surface area contributed by atoms with E-state index in [0.29, 0.717) is 6.04 Å². The Bertz CT molecular complexity index is 472. The summed E-state index contributed by atoms with van der Waals surface area (Å²) in [5.41, 5.74) is 2.37. The van der Waals surface area contributed by atoms with E-state index in [0.717, 1.165) is 31.1 Å². The zero-order chi connectivity index (χ0) is 14.7. The van der Waals surface area contributed by atoms with Crippen LogP contribution in [0.1, 0.15) is 51.0 Å². The third kappa shape index (κ3) is 3.23. The number of nitrogens with zero attached hydrogens (tertiary/aromatic N) is 1. The first-order chi connectivity index (χ1) is 10.3. The van der Waals surface area contributed by atoms with Crippen molar-refractivity contribution < 1.29 is 4.39 Å². The highest BCUT2D eigenvalue weighted by Gasteiger charge is 2.33. The fraction of sp³-hybridized carbons (Fsp3) is 0.667. The van der Waals surface area contributed by atoms with Crippen LogP contribution in [0.15, 0.2) is 18.2 Å². The SMILES string of the molecule is CCNCc1cc(F)ccc1N1CCC[C@H]2CCCC[C@H]21.